The van der Waals surface area contributed by atoms with E-state index >= 15 is 0 Å². The Hall–Kier alpha value is -1.66. The maximum absolute atomic E-state index is 11.8. The minimum absolute atomic E-state index is 0.117. The largest absolute Gasteiger partial charge is 0.393 e. The van der Waals surface area contributed by atoms with Crippen LogP contribution < -0.4 is 10.6 Å². The van der Waals surface area contributed by atoms with Gasteiger partial charge >= 0.3 is 6.03 Å². The van der Waals surface area contributed by atoms with Gasteiger partial charge in [-0.1, -0.05) is 6.92 Å². The first kappa shape index (κ1) is 18.7. The molecule has 24 heavy (non-hydrogen) atoms. The third kappa shape index (κ3) is 6.84. The molecule has 2 rings (SSSR count). The monoisotopic (exact) mass is 334 g/mol. The van der Waals surface area contributed by atoms with E-state index < -0.39 is 0 Å². The number of carbonyl (C=O) groups excluding carboxylic acids is 1. The summed E-state index contributed by atoms with van der Waals surface area (Å²) in [6.45, 7) is 5.55. The van der Waals surface area contributed by atoms with Crippen LogP contribution in [0.4, 0.5) is 4.79 Å². The van der Waals surface area contributed by atoms with E-state index in [0.29, 0.717) is 13.0 Å². The van der Waals surface area contributed by atoms with Gasteiger partial charge in [-0.25, -0.2) is 4.79 Å². The van der Waals surface area contributed by atoms with Gasteiger partial charge in [0, 0.05) is 44.6 Å². The number of rotatable bonds is 8. The van der Waals surface area contributed by atoms with Crippen molar-refractivity contribution in [3.05, 3.63) is 30.1 Å². The van der Waals surface area contributed by atoms with Crippen molar-refractivity contribution in [1.29, 1.82) is 0 Å². The highest BCUT2D eigenvalue weighted by atomic mass is 16.3. The van der Waals surface area contributed by atoms with Crippen molar-refractivity contribution in [2.75, 3.05) is 26.2 Å². The van der Waals surface area contributed by atoms with Crippen molar-refractivity contribution in [3.8, 4) is 0 Å². The van der Waals surface area contributed by atoms with Crippen LogP contribution in [0.1, 0.15) is 38.2 Å². The molecular weight excluding hydrogens is 304 g/mol. The van der Waals surface area contributed by atoms with E-state index in [0.717, 1.165) is 45.3 Å². The first-order valence-electron chi connectivity index (χ1n) is 9.01. The second kappa shape index (κ2) is 10.3. The van der Waals surface area contributed by atoms with E-state index in [-0.39, 0.29) is 18.2 Å². The minimum Gasteiger partial charge on any atom is -0.393 e. The van der Waals surface area contributed by atoms with Gasteiger partial charge < -0.3 is 20.6 Å². The van der Waals surface area contributed by atoms with Gasteiger partial charge in [-0.15, -0.1) is 0 Å². The zero-order valence-electron chi connectivity index (χ0n) is 14.6. The third-order valence-electron chi connectivity index (χ3n) is 4.62. The van der Waals surface area contributed by atoms with Crippen LogP contribution in [-0.4, -0.2) is 59.3 Å². The first-order chi connectivity index (χ1) is 11.7. The van der Waals surface area contributed by atoms with Crippen molar-refractivity contribution in [1.82, 2.24) is 20.5 Å². The van der Waals surface area contributed by atoms with Gasteiger partial charge in [0.1, 0.15) is 0 Å². The molecule has 0 saturated carbocycles. The number of aliphatic hydroxyl groups excluding tert-OH is 1. The average molecular weight is 334 g/mol. The highest BCUT2D eigenvalue weighted by Crippen LogP contribution is 2.11. The fraction of sp³-hybridized carbons (Fsp3) is 0.667. The molecule has 1 unspecified atom stereocenters. The Morgan fingerprint density at radius 1 is 1.38 bits per heavy atom. The van der Waals surface area contributed by atoms with Gasteiger partial charge in [-0.05, 0) is 49.8 Å². The number of amides is 2. The van der Waals surface area contributed by atoms with Gasteiger partial charge in [0.25, 0.3) is 0 Å². The van der Waals surface area contributed by atoms with Crippen molar-refractivity contribution < 1.29 is 9.90 Å². The van der Waals surface area contributed by atoms with Gasteiger partial charge in [-0.2, -0.15) is 0 Å². The molecule has 1 aromatic rings. The number of likely N-dealkylation sites (tertiary alicyclic amines) is 1. The Balaban J connectivity index is 1.58. The first-order valence-corrected chi connectivity index (χ1v) is 9.01. The Bertz CT molecular complexity index is 475. The SMILES string of the molecule is CCC(O)CCNC(=O)NC1CCN(CCc2ccncc2)CC1. The molecule has 0 spiro atoms. The molecule has 0 aliphatic carbocycles. The smallest absolute Gasteiger partial charge is 0.315 e. The molecule has 2 amide bonds. The molecule has 0 aromatic carbocycles. The highest BCUT2D eigenvalue weighted by Gasteiger charge is 2.20. The van der Waals surface area contributed by atoms with Crippen molar-refractivity contribution in [3.63, 3.8) is 0 Å². The van der Waals surface area contributed by atoms with Crippen molar-refractivity contribution >= 4 is 6.03 Å². The summed E-state index contributed by atoms with van der Waals surface area (Å²) in [6.07, 6.45) is 7.70. The summed E-state index contributed by atoms with van der Waals surface area (Å²) in [6, 6.07) is 4.26. The lowest BCUT2D eigenvalue weighted by Gasteiger charge is -2.32. The van der Waals surface area contributed by atoms with Gasteiger partial charge in [0.05, 0.1) is 6.10 Å². The zero-order chi connectivity index (χ0) is 17.2. The van der Waals surface area contributed by atoms with Crippen LogP contribution in [0.25, 0.3) is 0 Å². The number of hydrogen-bond donors (Lipinski definition) is 3. The molecule has 0 radical (unpaired) electrons. The molecule has 1 aromatic heterocycles. The molecule has 0 bridgehead atoms. The molecule has 2 heterocycles. The lowest BCUT2D eigenvalue weighted by Crippen LogP contribution is -2.48. The van der Waals surface area contributed by atoms with Crippen LogP contribution in [-0.2, 0) is 6.42 Å². The lowest BCUT2D eigenvalue weighted by atomic mass is 10.0. The minimum atomic E-state index is -0.325. The molecule has 1 fully saturated rings. The fourth-order valence-electron chi connectivity index (χ4n) is 2.93. The highest BCUT2D eigenvalue weighted by molar-refractivity contribution is 5.74. The third-order valence-corrected chi connectivity index (χ3v) is 4.62. The van der Waals surface area contributed by atoms with Crippen LogP contribution in [0.15, 0.2) is 24.5 Å². The van der Waals surface area contributed by atoms with E-state index in [1.165, 1.54) is 5.56 Å². The second-order valence-corrected chi connectivity index (χ2v) is 6.47. The number of nitrogens with zero attached hydrogens (tertiary/aromatic N) is 2. The summed E-state index contributed by atoms with van der Waals surface area (Å²) in [4.78, 5) is 18.3. The second-order valence-electron chi connectivity index (χ2n) is 6.47. The molecule has 6 heteroatoms. The van der Waals surface area contributed by atoms with Crippen LogP contribution in [0, 0.1) is 0 Å². The number of carbonyl (C=O) groups is 1. The summed E-state index contributed by atoms with van der Waals surface area (Å²) in [5, 5.41) is 15.3. The molecule has 1 aliphatic rings. The van der Waals surface area contributed by atoms with Crippen molar-refractivity contribution in [2.24, 2.45) is 0 Å². The zero-order valence-corrected chi connectivity index (χ0v) is 14.6. The molecular formula is C18H30N4O2. The maximum Gasteiger partial charge on any atom is 0.315 e. The molecule has 6 nitrogen and oxygen atoms in total. The van der Waals surface area contributed by atoms with E-state index in [1.807, 2.05) is 19.3 Å². The van der Waals surface area contributed by atoms with Crippen LogP contribution in [0.3, 0.4) is 0 Å². The fourth-order valence-corrected chi connectivity index (χ4v) is 2.93. The van der Waals surface area contributed by atoms with Crippen molar-refractivity contribution in [2.45, 2.75) is 51.2 Å². The molecule has 134 valence electrons. The summed E-state index contributed by atoms with van der Waals surface area (Å²) in [5.41, 5.74) is 1.32. The van der Waals surface area contributed by atoms with E-state index in [4.69, 9.17) is 0 Å². The van der Waals surface area contributed by atoms with E-state index in [1.54, 1.807) is 0 Å². The molecule has 1 atom stereocenters. The van der Waals surface area contributed by atoms with Crippen LogP contribution >= 0.6 is 0 Å². The van der Waals surface area contributed by atoms with Crippen LogP contribution in [0.5, 0.6) is 0 Å². The Morgan fingerprint density at radius 2 is 2.08 bits per heavy atom. The van der Waals surface area contributed by atoms with Gasteiger partial charge in [-0.3, -0.25) is 4.98 Å². The summed E-state index contributed by atoms with van der Waals surface area (Å²) >= 11 is 0. The Kier molecular flexibility index (Phi) is 7.98. The number of urea groups is 1. The number of nitrogens with one attached hydrogen (secondary N) is 2. The Morgan fingerprint density at radius 3 is 2.75 bits per heavy atom. The predicted molar refractivity (Wildman–Crippen MR) is 94.9 cm³/mol. The van der Waals surface area contributed by atoms with E-state index in [9.17, 15) is 9.90 Å². The average Bonchev–Trinajstić information content (AvgIpc) is 2.62. The normalized spacial score (nSPS) is 17.4. The Labute approximate surface area is 144 Å². The number of hydrogen-bond acceptors (Lipinski definition) is 4. The van der Waals surface area contributed by atoms with Gasteiger partial charge in [0.15, 0.2) is 0 Å². The van der Waals surface area contributed by atoms with E-state index in [2.05, 4.69) is 32.7 Å². The summed E-state index contributed by atoms with van der Waals surface area (Å²) in [7, 11) is 0. The lowest BCUT2D eigenvalue weighted by molar-refractivity contribution is 0.159. The van der Waals surface area contributed by atoms with Gasteiger partial charge in [0.2, 0.25) is 0 Å². The molecule has 3 N–H and O–H groups in total. The topological polar surface area (TPSA) is 77.5 Å². The number of piperidine rings is 1. The standard InChI is InChI=1S/C18H30N4O2/c1-2-17(23)5-11-20-18(24)21-16-7-13-22(14-8-16)12-6-15-3-9-19-10-4-15/h3-4,9-10,16-17,23H,2,5-8,11-14H2,1H3,(H2,20,21,24). The number of aliphatic hydroxyl groups is 1. The molecule has 1 aliphatic heterocycles. The number of aromatic nitrogens is 1. The quantitative estimate of drug-likeness (QED) is 0.674. The summed E-state index contributed by atoms with van der Waals surface area (Å²) in [5.74, 6) is 0. The summed E-state index contributed by atoms with van der Waals surface area (Å²) < 4.78 is 0. The predicted octanol–water partition coefficient (Wildman–Crippen LogP) is 1.55. The van der Waals surface area contributed by atoms with Crippen LogP contribution in [0.2, 0.25) is 0 Å². The maximum atomic E-state index is 11.8. The molecule has 1 saturated heterocycles. The number of pyridine rings is 1.